The number of piperidine rings is 1. The molecule has 4 rings (SSSR count). The van der Waals surface area contributed by atoms with Gasteiger partial charge in [0.25, 0.3) is 0 Å². The molecule has 1 amide bonds. The van der Waals surface area contributed by atoms with E-state index in [4.69, 9.17) is 5.26 Å². The molecule has 7 nitrogen and oxygen atoms in total. The van der Waals surface area contributed by atoms with E-state index in [2.05, 4.69) is 32.7 Å². The number of aromatic nitrogens is 3. The van der Waals surface area contributed by atoms with Crippen LogP contribution in [0.2, 0.25) is 0 Å². The summed E-state index contributed by atoms with van der Waals surface area (Å²) in [6, 6.07) is 10.5. The Morgan fingerprint density at radius 3 is 2.53 bits per heavy atom. The molecule has 1 aliphatic carbocycles. The van der Waals surface area contributed by atoms with E-state index in [1.165, 1.54) is 24.6 Å². The predicted octanol–water partition coefficient (Wildman–Crippen LogP) is 4.59. The third kappa shape index (κ3) is 5.09. The van der Waals surface area contributed by atoms with E-state index in [9.17, 15) is 4.79 Å². The molecule has 2 aromatic rings. The van der Waals surface area contributed by atoms with Crippen molar-refractivity contribution in [1.82, 2.24) is 14.8 Å². The van der Waals surface area contributed by atoms with Gasteiger partial charge in [0, 0.05) is 31.4 Å². The number of benzene rings is 1. The summed E-state index contributed by atoms with van der Waals surface area (Å²) in [5, 5.41) is 18.6. The van der Waals surface area contributed by atoms with Crippen LogP contribution in [0.5, 0.6) is 0 Å². The van der Waals surface area contributed by atoms with Crippen LogP contribution < -0.4 is 9.80 Å². The molecular weight excluding hydrogens is 420 g/mol. The molecule has 170 valence electrons. The molecule has 32 heavy (non-hydrogen) atoms. The molecule has 1 aromatic carbocycles. The zero-order chi connectivity index (χ0) is 22.7. The highest BCUT2D eigenvalue weighted by molar-refractivity contribution is 8.00. The molecule has 2 heterocycles. The van der Waals surface area contributed by atoms with Crippen molar-refractivity contribution in [1.29, 1.82) is 5.26 Å². The van der Waals surface area contributed by atoms with Crippen molar-refractivity contribution >= 4 is 29.3 Å². The molecule has 0 spiro atoms. The van der Waals surface area contributed by atoms with Crippen molar-refractivity contribution < 1.29 is 4.79 Å². The number of thioether (sulfide) groups is 1. The van der Waals surface area contributed by atoms with E-state index in [-0.39, 0.29) is 11.2 Å². The van der Waals surface area contributed by atoms with Gasteiger partial charge >= 0.3 is 0 Å². The first-order chi connectivity index (χ1) is 15.5. The predicted molar refractivity (Wildman–Crippen MR) is 128 cm³/mol. The summed E-state index contributed by atoms with van der Waals surface area (Å²) in [5.74, 6) is 1.71. The number of hydrogen-bond acceptors (Lipinski definition) is 6. The second kappa shape index (κ2) is 9.95. The van der Waals surface area contributed by atoms with Gasteiger partial charge in [0.15, 0.2) is 5.16 Å². The van der Waals surface area contributed by atoms with Crippen LogP contribution in [0, 0.1) is 24.2 Å². The maximum atomic E-state index is 13.4. The van der Waals surface area contributed by atoms with Crippen LogP contribution in [0.15, 0.2) is 29.4 Å². The summed E-state index contributed by atoms with van der Waals surface area (Å²) in [7, 11) is 0. The molecule has 0 radical (unpaired) electrons. The molecule has 0 bridgehead atoms. The smallest absolute Gasteiger partial charge is 0.240 e. The van der Waals surface area contributed by atoms with Gasteiger partial charge in [0.1, 0.15) is 0 Å². The summed E-state index contributed by atoms with van der Waals surface area (Å²) >= 11 is 1.48. The fraction of sp³-hybridized carbons (Fsp3) is 0.583. The number of amides is 1. The van der Waals surface area contributed by atoms with Gasteiger partial charge in [-0.25, -0.2) is 0 Å². The standard InChI is InChI=1S/C24H32N6OS/c1-17-5-7-20(8-6-17)29(14-4-13-25)22(31)19(3)32-24-27-26-23(30(24)21-9-10-21)28-15-11-18(2)12-16-28/h5-8,18-19,21H,4,9-12,14-16H2,1-3H3. The van der Waals surface area contributed by atoms with Crippen molar-refractivity contribution in [2.24, 2.45) is 5.92 Å². The number of carbonyl (C=O) groups excluding carboxylic acids is 1. The Labute approximate surface area is 194 Å². The average molecular weight is 453 g/mol. The lowest BCUT2D eigenvalue weighted by molar-refractivity contribution is -0.117. The number of rotatable bonds is 8. The number of hydrogen-bond donors (Lipinski definition) is 0. The van der Waals surface area contributed by atoms with E-state index in [0.29, 0.717) is 19.0 Å². The van der Waals surface area contributed by atoms with Gasteiger partial charge in [-0.15, -0.1) is 10.2 Å². The van der Waals surface area contributed by atoms with E-state index >= 15 is 0 Å². The number of carbonyl (C=O) groups is 1. The monoisotopic (exact) mass is 452 g/mol. The summed E-state index contributed by atoms with van der Waals surface area (Å²) in [6.45, 7) is 8.67. The van der Waals surface area contributed by atoms with Gasteiger partial charge in [-0.3, -0.25) is 9.36 Å². The largest absolute Gasteiger partial charge is 0.341 e. The molecule has 1 atom stereocenters. The summed E-state index contributed by atoms with van der Waals surface area (Å²) < 4.78 is 2.26. The number of nitriles is 1. The molecule has 2 aliphatic rings. The fourth-order valence-corrected chi connectivity index (χ4v) is 5.08. The zero-order valence-corrected chi connectivity index (χ0v) is 20.0. The molecule has 1 aromatic heterocycles. The molecule has 8 heteroatoms. The van der Waals surface area contributed by atoms with Crippen molar-refractivity contribution in [2.75, 3.05) is 29.4 Å². The zero-order valence-electron chi connectivity index (χ0n) is 19.2. The average Bonchev–Trinajstić information content (AvgIpc) is 3.55. The first-order valence-corrected chi connectivity index (χ1v) is 12.5. The molecule has 1 aliphatic heterocycles. The number of anilines is 2. The van der Waals surface area contributed by atoms with Crippen LogP contribution in [0.1, 0.15) is 57.6 Å². The van der Waals surface area contributed by atoms with Crippen LogP contribution in [0.3, 0.4) is 0 Å². The van der Waals surface area contributed by atoms with E-state index in [1.54, 1.807) is 4.90 Å². The molecule has 1 unspecified atom stereocenters. The maximum absolute atomic E-state index is 13.4. The Morgan fingerprint density at radius 2 is 1.91 bits per heavy atom. The van der Waals surface area contributed by atoms with Crippen molar-refractivity contribution in [3.8, 4) is 6.07 Å². The molecule has 1 saturated carbocycles. The van der Waals surface area contributed by atoms with Crippen LogP contribution in [0.4, 0.5) is 11.6 Å². The molecular formula is C24H32N6OS. The normalized spacial score (nSPS) is 17.8. The Kier molecular flexibility index (Phi) is 7.04. The topological polar surface area (TPSA) is 78.0 Å². The minimum Gasteiger partial charge on any atom is -0.341 e. The van der Waals surface area contributed by atoms with Crippen molar-refractivity contribution in [2.45, 2.75) is 69.3 Å². The lowest BCUT2D eigenvalue weighted by Gasteiger charge is -2.31. The maximum Gasteiger partial charge on any atom is 0.240 e. The van der Waals surface area contributed by atoms with Gasteiger partial charge in [-0.1, -0.05) is 36.4 Å². The summed E-state index contributed by atoms with van der Waals surface area (Å²) in [4.78, 5) is 17.5. The van der Waals surface area contributed by atoms with Crippen molar-refractivity contribution in [3.05, 3.63) is 29.8 Å². The van der Waals surface area contributed by atoms with Gasteiger partial charge < -0.3 is 9.80 Å². The van der Waals surface area contributed by atoms with E-state index in [0.717, 1.165) is 54.2 Å². The van der Waals surface area contributed by atoms with Gasteiger partial charge in [-0.05, 0) is 57.6 Å². The minimum atomic E-state index is -0.328. The third-order valence-electron chi connectivity index (χ3n) is 6.31. The van der Waals surface area contributed by atoms with E-state index < -0.39 is 0 Å². The van der Waals surface area contributed by atoms with Crippen LogP contribution in [-0.4, -0.2) is 45.6 Å². The lowest BCUT2D eigenvalue weighted by atomic mass is 10.00. The van der Waals surface area contributed by atoms with Crippen LogP contribution >= 0.6 is 11.8 Å². The highest BCUT2D eigenvalue weighted by atomic mass is 32.2. The van der Waals surface area contributed by atoms with Crippen molar-refractivity contribution in [3.63, 3.8) is 0 Å². The summed E-state index contributed by atoms with van der Waals surface area (Å²) in [5.41, 5.74) is 1.97. The second-order valence-corrected chi connectivity index (χ2v) is 10.4. The van der Waals surface area contributed by atoms with Gasteiger partial charge in [0.2, 0.25) is 11.9 Å². The first kappa shape index (κ1) is 22.7. The third-order valence-corrected chi connectivity index (χ3v) is 7.36. The highest BCUT2D eigenvalue weighted by Crippen LogP contribution is 2.42. The fourth-order valence-electron chi connectivity index (χ4n) is 4.11. The highest BCUT2D eigenvalue weighted by Gasteiger charge is 2.34. The number of aryl methyl sites for hydroxylation is 1. The Bertz CT molecular complexity index is 969. The first-order valence-electron chi connectivity index (χ1n) is 11.6. The number of nitrogens with zero attached hydrogens (tertiary/aromatic N) is 6. The Hall–Kier alpha value is -2.53. The molecule has 0 N–H and O–H groups in total. The Morgan fingerprint density at radius 1 is 1.22 bits per heavy atom. The quantitative estimate of drug-likeness (QED) is 0.545. The lowest BCUT2D eigenvalue weighted by Crippen LogP contribution is -2.37. The van der Waals surface area contributed by atoms with Gasteiger partial charge in [0.05, 0.1) is 17.7 Å². The van der Waals surface area contributed by atoms with Crippen LogP contribution in [-0.2, 0) is 4.79 Å². The summed E-state index contributed by atoms with van der Waals surface area (Å²) in [6.07, 6.45) is 4.94. The minimum absolute atomic E-state index is 0.00667. The molecule has 1 saturated heterocycles. The van der Waals surface area contributed by atoms with Gasteiger partial charge in [-0.2, -0.15) is 5.26 Å². The van der Waals surface area contributed by atoms with Crippen LogP contribution in [0.25, 0.3) is 0 Å². The van der Waals surface area contributed by atoms with E-state index in [1.807, 2.05) is 38.1 Å². The Balaban J connectivity index is 1.52. The second-order valence-electron chi connectivity index (χ2n) is 9.05. The SMILES string of the molecule is Cc1ccc(N(CCC#N)C(=O)C(C)Sc2nnc(N3CCC(C)CC3)n2C2CC2)cc1. The molecule has 2 fully saturated rings.